The number of carbonyl (C=O) groups is 4. The van der Waals surface area contributed by atoms with E-state index in [4.69, 9.17) is 16.4 Å². The van der Waals surface area contributed by atoms with Gasteiger partial charge in [0.05, 0.1) is 45.7 Å². The number of amides is 3. The normalized spacial score (nSPS) is 18.2. The first kappa shape index (κ1) is 30.0. The molecule has 2 heterocycles. The molecule has 5 rings (SSSR count). The molecular formula is C32H32N8O4. The van der Waals surface area contributed by atoms with Gasteiger partial charge in [-0.1, -0.05) is 0 Å². The Balaban J connectivity index is 1.08. The first-order chi connectivity index (χ1) is 21.3. The average molecular weight is 593 g/mol. The van der Waals surface area contributed by atoms with Gasteiger partial charge in [-0.25, -0.2) is 4.98 Å². The number of rotatable bonds is 14. The van der Waals surface area contributed by atoms with Gasteiger partial charge in [0.25, 0.3) is 11.8 Å². The lowest BCUT2D eigenvalue weighted by atomic mass is 9.77. The molecule has 1 saturated carbocycles. The Hall–Kier alpha value is -5.44. The highest BCUT2D eigenvalue weighted by molar-refractivity contribution is 6.23. The number of allylic oxidation sites excluding steroid dienone is 1. The van der Waals surface area contributed by atoms with Crippen LogP contribution in [0.25, 0.3) is 16.6 Å². The Morgan fingerprint density at radius 2 is 1.95 bits per heavy atom. The molecule has 0 bridgehead atoms. The van der Waals surface area contributed by atoms with Crippen molar-refractivity contribution in [2.45, 2.75) is 50.6 Å². The summed E-state index contributed by atoms with van der Waals surface area (Å²) in [5.41, 5.74) is 9.52. The van der Waals surface area contributed by atoms with Crippen molar-refractivity contribution in [2.75, 3.05) is 11.9 Å². The minimum Gasteiger partial charge on any atom is -0.388 e. The van der Waals surface area contributed by atoms with E-state index in [1.54, 1.807) is 48.8 Å². The van der Waals surface area contributed by atoms with Crippen LogP contribution in [0, 0.1) is 22.7 Å². The van der Waals surface area contributed by atoms with Crippen molar-refractivity contribution in [3.63, 3.8) is 0 Å². The molecule has 3 amide bonds. The van der Waals surface area contributed by atoms with Crippen molar-refractivity contribution in [1.82, 2.24) is 20.2 Å². The van der Waals surface area contributed by atoms with Gasteiger partial charge in [-0.2, -0.15) is 5.26 Å². The molecule has 1 aliphatic carbocycles. The molecule has 1 fully saturated rings. The van der Waals surface area contributed by atoms with Gasteiger partial charge < -0.3 is 26.6 Å². The second-order valence-electron chi connectivity index (χ2n) is 11.0. The number of nitrogens with zero attached hydrogens (tertiary/aromatic N) is 4. The Labute approximate surface area is 253 Å². The smallest absolute Gasteiger partial charge is 0.262 e. The number of hydrogen-bond donors (Lipinski definition) is 4. The summed E-state index contributed by atoms with van der Waals surface area (Å²) in [7, 11) is 0. The molecule has 1 unspecified atom stereocenters. The number of primary amides is 1. The van der Waals surface area contributed by atoms with Gasteiger partial charge in [-0.15, -0.1) is 0 Å². The van der Waals surface area contributed by atoms with E-state index in [0.717, 1.165) is 30.6 Å². The minimum absolute atomic E-state index is 0.00285. The summed E-state index contributed by atoms with van der Waals surface area (Å²) >= 11 is 0. The Bertz CT molecular complexity index is 1710. The van der Waals surface area contributed by atoms with Crippen LogP contribution in [-0.4, -0.2) is 63.7 Å². The predicted molar refractivity (Wildman–Crippen MR) is 164 cm³/mol. The third-order valence-electron chi connectivity index (χ3n) is 8.07. The fourth-order valence-corrected chi connectivity index (χ4v) is 5.63. The number of nitrogens with one attached hydrogen (secondary N) is 3. The van der Waals surface area contributed by atoms with Crippen LogP contribution in [-0.2, 0) is 9.59 Å². The number of nitriles is 1. The Morgan fingerprint density at radius 3 is 2.68 bits per heavy atom. The molecule has 12 heteroatoms. The van der Waals surface area contributed by atoms with E-state index in [1.807, 2.05) is 0 Å². The fourth-order valence-electron chi connectivity index (χ4n) is 5.63. The summed E-state index contributed by atoms with van der Waals surface area (Å²) in [6.07, 6.45) is 9.26. The standard InChI is InChI=1S/C32H32N8O4/c33-15-20-5-8-26-27(13-20)39-28(18-38-26)21(16-34)17-37-23-11-19(12-23)3-1-9-36-22-6-7-24-25(14-22)32(44)40(31(24)43)29(30(35)42)4-2-10-41/h5-8,10,13-14,16-19,23,29,34,36-37H,1-4,9,11-12H2,(H2,35,42)/b21-17+,34-16?. The van der Waals surface area contributed by atoms with Crippen molar-refractivity contribution in [3.05, 3.63) is 71.2 Å². The number of benzene rings is 2. The van der Waals surface area contributed by atoms with Crippen LogP contribution in [0.1, 0.15) is 70.5 Å². The van der Waals surface area contributed by atoms with E-state index in [0.29, 0.717) is 58.3 Å². The fraction of sp³-hybridized carbons (Fsp3) is 0.312. The van der Waals surface area contributed by atoms with Crippen LogP contribution in [0.2, 0.25) is 0 Å². The van der Waals surface area contributed by atoms with Crippen LogP contribution < -0.4 is 16.4 Å². The maximum Gasteiger partial charge on any atom is 0.262 e. The number of nitrogens with two attached hydrogens (primary N) is 1. The van der Waals surface area contributed by atoms with Crippen LogP contribution in [0.15, 0.2) is 48.8 Å². The molecule has 3 aromatic rings. The van der Waals surface area contributed by atoms with Gasteiger partial charge in [0, 0.05) is 42.7 Å². The van der Waals surface area contributed by atoms with Crippen molar-refractivity contribution in [2.24, 2.45) is 11.7 Å². The molecule has 0 saturated heterocycles. The number of imide groups is 1. The molecule has 2 aromatic carbocycles. The molecule has 0 radical (unpaired) electrons. The van der Waals surface area contributed by atoms with Crippen molar-refractivity contribution >= 4 is 52.5 Å². The minimum atomic E-state index is -1.16. The average Bonchev–Trinajstić information content (AvgIpc) is 3.25. The lowest BCUT2D eigenvalue weighted by molar-refractivity contribution is -0.122. The van der Waals surface area contributed by atoms with Gasteiger partial charge in [-0.05, 0) is 74.4 Å². The summed E-state index contributed by atoms with van der Waals surface area (Å²) in [5.74, 6) is -1.42. The number of aldehydes is 1. The van der Waals surface area contributed by atoms with E-state index < -0.39 is 23.8 Å². The van der Waals surface area contributed by atoms with E-state index in [9.17, 15) is 19.2 Å². The molecule has 1 aliphatic heterocycles. The highest BCUT2D eigenvalue weighted by atomic mass is 16.2. The number of fused-ring (bicyclic) bond motifs is 2. The second-order valence-corrected chi connectivity index (χ2v) is 11.0. The maximum absolute atomic E-state index is 13.0. The number of aromatic nitrogens is 2. The summed E-state index contributed by atoms with van der Waals surface area (Å²) in [4.78, 5) is 58.3. The zero-order valence-electron chi connectivity index (χ0n) is 24.0. The molecule has 1 atom stereocenters. The molecule has 224 valence electrons. The number of anilines is 1. The van der Waals surface area contributed by atoms with E-state index >= 15 is 0 Å². The number of carbonyl (C=O) groups excluding carboxylic acids is 4. The quantitative estimate of drug-likeness (QED) is 0.0940. The van der Waals surface area contributed by atoms with Crippen molar-refractivity contribution in [1.29, 1.82) is 10.7 Å². The molecule has 2 aliphatic rings. The molecule has 44 heavy (non-hydrogen) atoms. The van der Waals surface area contributed by atoms with Gasteiger partial charge in [0.2, 0.25) is 5.91 Å². The monoisotopic (exact) mass is 592 g/mol. The third kappa shape index (κ3) is 6.32. The van der Waals surface area contributed by atoms with Gasteiger partial charge in [0.15, 0.2) is 0 Å². The summed E-state index contributed by atoms with van der Waals surface area (Å²) in [5, 5.41) is 23.7. The highest BCUT2D eigenvalue weighted by Crippen LogP contribution is 2.32. The summed E-state index contributed by atoms with van der Waals surface area (Å²) in [6, 6.07) is 11.3. The SMILES string of the molecule is N#Cc1ccc2ncc(/C(C=N)=C/NC3CC(CCCNc4ccc5c(c4)C(=O)N(C(CCC=O)C(N)=O)C5=O)C3)nc2c1. The first-order valence-corrected chi connectivity index (χ1v) is 14.5. The van der Waals surface area contributed by atoms with Crippen LogP contribution >= 0.6 is 0 Å². The van der Waals surface area contributed by atoms with Gasteiger partial charge in [-0.3, -0.25) is 24.3 Å². The van der Waals surface area contributed by atoms with E-state index in [1.165, 1.54) is 6.21 Å². The first-order valence-electron chi connectivity index (χ1n) is 14.5. The molecule has 12 nitrogen and oxygen atoms in total. The van der Waals surface area contributed by atoms with Gasteiger partial charge in [0.1, 0.15) is 12.3 Å². The highest BCUT2D eigenvalue weighted by Gasteiger charge is 2.42. The molecule has 1 aromatic heterocycles. The van der Waals surface area contributed by atoms with Crippen LogP contribution in [0.4, 0.5) is 5.69 Å². The van der Waals surface area contributed by atoms with E-state index in [-0.39, 0.29) is 24.0 Å². The zero-order chi connectivity index (χ0) is 31.2. The summed E-state index contributed by atoms with van der Waals surface area (Å²) < 4.78 is 0. The predicted octanol–water partition coefficient (Wildman–Crippen LogP) is 3.18. The molecule has 0 spiro atoms. The molecule has 5 N–H and O–H groups in total. The van der Waals surface area contributed by atoms with Crippen molar-refractivity contribution in [3.8, 4) is 6.07 Å². The third-order valence-corrected chi connectivity index (χ3v) is 8.07. The summed E-state index contributed by atoms with van der Waals surface area (Å²) in [6.45, 7) is 0.689. The van der Waals surface area contributed by atoms with Gasteiger partial charge >= 0.3 is 0 Å². The Kier molecular flexibility index (Phi) is 9.04. The maximum atomic E-state index is 13.0. The number of hydrogen-bond acceptors (Lipinski definition) is 10. The largest absolute Gasteiger partial charge is 0.388 e. The zero-order valence-corrected chi connectivity index (χ0v) is 24.0. The lowest BCUT2D eigenvalue weighted by Gasteiger charge is -2.35. The van der Waals surface area contributed by atoms with Crippen molar-refractivity contribution < 1.29 is 19.2 Å². The Morgan fingerprint density at radius 1 is 1.16 bits per heavy atom. The second kappa shape index (κ2) is 13.2. The molecular weight excluding hydrogens is 560 g/mol. The topological polar surface area (TPSA) is 195 Å². The van der Waals surface area contributed by atoms with Crippen LogP contribution in [0.3, 0.4) is 0 Å². The van der Waals surface area contributed by atoms with Crippen LogP contribution in [0.5, 0.6) is 0 Å². The van der Waals surface area contributed by atoms with E-state index in [2.05, 4.69) is 26.7 Å². The lowest BCUT2D eigenvalue weighted by Crippen LogP contribution is -2.47.